The first-order valence-electron chi connectivity index (χ1n) is 7.84. The van der Waals surface area contributed by atoms with Crippen molar-refractivity contribution in [2.45, 2.75) is 19.0 Å². The van der Waals surface area contributed by atoms with Crippen LogP contribution in [0.25, 0.3) is 10.9 Å². The van der Waals surface area contributed by atoms with E-state index in [1.165, 1.54) is 0 Å². The van der Waals surface area contributed by atoms with Gasteiger partial charge in [-0.25, -0.2) is 0 Å². The predicted molar refractivity (Wildman–Crippen MR) is 86.5 cm³/mol. The largest absolute Gasteiger partial charge is 0.497 e. The summed E-state index contributed by atoms with van der Waals surface area (Å²) in [5, 5.41) is 10.2. The van der Waals surface area contributed by atoms with E-state index >= 15 is 0 Å². The number of amides is 1. The summed E-state index contributed by atoms with van der Waals surface area (Å²) in [6.45, 7) is 1.98. The fourth-order valence-electron chi connectivity index (χ4n) is 3.05. The predicted octanol–water partition coefficient (Wildman–Crippen LogP) is 1.26. The van der Waals surface area contributed by atoms with Gasteiger partial charge in [-0.2, -0.15) is 0 Å². The smallest absolute Gasteiger partial charge is 0.242 e. The van der Waals surface area contributed by atoms with E-state index < -0.39 is 0 Å². The van der Waals surface area contributed by atoms with E-state index in [9.17, 15) is 4.79 Å². The molecule has 2 aromatic rings. The molecule has 1 aliphatic rings. The monoisotopic (exact) mass is 318 g/mol. The third-order valence-corrected chi connectivity index (χ3v) is 4.29. The molecule has 23 heavy (non-hydrogen) atoms. The van der Waals surface area contributed by atoms with E-state index in [0.29, 0.717) is 26.2 Å². The molecular formula is C17H22N2O4. The Morgan fingerprint density at radius 3 is 3.09 bits per heavy atom. The van der Waals surface area contributed by atoms with E-state index in [2.05, 4.69) is 0 Å². The number of hydrogen-bond acceptors (Lipinski definition) is 4. The summed E-state index contributed by atoms with van der Waals surface area (Å²) in [7, 11) is 1.64. The zero-order valence-corrected chi connectivity index (χ0v) is 13.3. The van der Waals surface area contributed by atoms with Gasteiger partial charge in [0.1, 0.15) is 12.3 Å². The van der Waals surface area contributed by atoms with Crippen molar-refractivity contribution in [3.63, 3.8) is 0 Å². The standard InChI is InChI=1S/C17H22N2O4/c1-22-15-2-3-16-13(10-15)4-6-18(16)11-17(21)19-7-9-23-12-14(19)5-8-20/h2-4,6,10,14,20H,5,7-9,11-12H2,1H3. The summed E-state index contributed by atoms with van der Waals surface area (Å²) in [6.07, 6.45) is 2.47. The molecule has 2 heterocycles. The summed E-state index contributed by atoms with van der Waals surface area (Å²) >= 11 is 0. The minimum Gasteiger partial charge on any atom is -0.497 e. The number of aliphatic hydroxyl groups excluding tert-OH is 1. The molecule has 1 atom stereocenters. The highest BCUT2D eigenvalue weighted by molar-refractivity contribution is 5.84. The second-order valence-electron chi connectivity index (χ2n) is 5.70. The summed E-state index contributed by atoms with van der Waals surface area (Å²) < 4.78 is 12.6. The lowest BCUT2D eigenvalue weighted by molar-refractivity contribution is -0.141. The molecule has 0 radical (unpaired) electrons. The van der Waals surface area contributed by atoms with E-state index in [1.54, 1.807) is 7.11 Å². The summed E-state index contributed by atoms with van der Waals surface area (Å²) in [5.74, 6) is 0.859. The van der Waals surface area contributed by atoms with Crippen LogP contribution in [0.1, 0.15) is 6.42 Å². The minimum absolute atomic E-state index is 0.0387. The van der Waals surface area contributed by atoms with Gasteiger partial charge in [0.15, 0.2) is 0 Å². The van der Waals surface area contributed by atoms with Crippen LogP contribution in [-0.4, -0.2) is 60.0 Å². The van der Waals surface area contributed by atoms with Crippen LogP contribution in [0.4, 0.5) is 0 Å². The number of aromatic nitrogens is 1. The second kappa shape index (κ2) is 7.02. The Bertz CT molecular complexity index is 680. The number of nitrogens with zero attached hydrogens (tertiary/aromatic N) is 2. The Morgan fingerprint density at radius 2 is 2.30 bits per heavy atom. The van der Waals surface area contributed by atoms with Gasteiger partial charge in [-0.3, -0.25) is 4.79 Å². The average molecular weight is 318 g/mol. The van der Waals surface area contributed by atoms with Gasteiger partial charge in [-0.15, -0.1) is 0 Å². The van der Waals surface area contributed by atoms with Crippen molar-refractivity contribution in [2.75, 3.05) is 33.5 Å². The zero-order chi connectivity index (χ0) is 16.2. The number of benzene rings is 1. The van der Waals surface area contributed by atoms with Crippen molar-refractivity contribution >= 4 is 16.8 Å². The number of morpholine rings is 1. The van der Waals surface area contributed by atoms with Crippen molar-refractivity contribution in [1.29, 1.82) is 0 Å². The van der Waals surface area contributed by atoms with Crippen LogP contribution in [0.2, 0.25) is 0 Å². The second-order valence-corrected chi connectivity index (χ2v) is 5.70. The number of aliphatic hydroxyl groups is 1. The van der Waals surface area contributed by atoms with Crippen molar-refractivity contribution in [3.05, 3.63) is 30.5 Å². The molecule has 3 rings (SSSR count). The van der Waals surface area contributed by atoms with Crippen LogP contribution in [0.5, 0.6) is 5.75 Å². The Kier molecular flexibility index (Phi) is 4.83. The molecule has 0 bridgehead atoms. The topological polar surface area (TPSA) is 63.9 Å². The van der Waals surface area contributed by atoms with Crippen molar-refractivity contribution in [1.82, 2.24) is 9.47 Å². The lowest BCUT2D eigenvalue weighted by Crippen LogP contribution is -2.50. The normalized spacial score (nSPS) is 18.3. The molecule has 1 saturated heterocycles. The van der Waals surface area contributed by atoms with Crippen LogP contribution < -0.4 is 4.74 Å². The van der Waals surface area contributed by atoms with E-state index in [1.807, 2.05) is 39.9 Å². The van der Waals surface area contributed by atoms with Gasteiger partial charge < -0.3 is 24.0 Å². The average Bonchev–Trinajstić information content (AvgIpc) is 2.97. The summed E-state index contributed by atoms with van der Waals surface area (Å²) in [5.41, 5.74) is 1.01. The van der Waals surface area contributed by atoms with Gasteiger partial charge in [0.25, 0.3) is 0 Å². The van der Waals surface area contributed by atoms with Crippen LogP contribution in [0.15, 0.2) is 30.5 Å². The maximum absolute atomic E-state index is 12.7. The molecule has 0 saturated carbocycles. The van der Waals surface area contributed by atoms with Crippen molar-refractivity contribution in [3.8, 4) is 5.75 Å². The maximum Gasteiger partial charge on any atom is 0.242 e. The molecule has 6 heteroatoms. The molecule has 124 valence electrons. The first-order valence-corrected chi connectivity index (χ1v) is 7.84. The summed E-state index contributed by atoms with van der Waals surface area (Å²) in [6, 6.07) is 7.76. The van der Waals surface area contributed by atoms with Crippen molar-refractivity contribution in [2.24, 2.45) is 0 Å². The first kappa shape index (κ1) is 15.8. The quantitative estimate of drug-likeness (QED) is 0.901. The van der Waals surface area contributed by atoms with Crippen LogP contribution >= 0.6 is 0 Å². The van der Waals surface area contributed by atoms with Crippen LogP contribution in [0.3, 0.4) is 0 Å². The molecule has 1 unspecified atom stereocenters. The molecule has 1 aliphatic heterocycles. The molecule has 1 N–H and O–H groups in total. The number of methoxy groups -OCH3 is 1. The zero-order valence-electron chi connectivity index (χ0n) is 13.3. The molecule has 0 aliphatic carbocycles. The molecule has 6 nitrogen and oxygen atoms in total. The van der Waals surface area contributed by atoms with Gasteiger partial charge in [-0.05, 0) is 30.7 Å². The van der Waals surface area contributed by atoms with Crippen LogP contribution in [-0.2, 0) is 16.1 Å². The Labute approximate surface area is 135 Å². The number of fused-ring (bicyclic) bond motifs is 1. The highest BCUT2D eigenvalue weighted by atomic mass is 16.5. The number of hydrogen-bond donors (Lipinski definition) is 1. The number of carbonyl (C=O) groups is 1. The minimum atomic E-state index is -0.0387. The lowest BCUT2D eigenvalue weighted by atomic mass is 10.1. The molecule has 1 aromatic carbocycles. The number of carbonyl (C=O) groups excluding carboxylic acids is 1. The maximum atomic E-state index is 12.7. The van der Waals surface area contributed by atoms with Crippen LogP contribution in [0, 0.1) is 0 Å². The molecule has 0 spiro atoms. The number of rotatable bonds is 5. The van der Waals surface area contributed by atoms with Gasteiger partial charge in [-0.1, -0.05) is 0 Å². The molecule has 1 amide bonds. The van der Waals surface area contributed by atoms with Gasteiger partial charge in [0.05, 0.1) is 26.4 Å². The van der Waals surface area contributed by atoms with E-state index in [4.69, 9.17) is 14.6 Å². The fourth-order valence-corrected chi connectivity index (χ4v) is 3.05. The Hall–Kier alpha value is -2.05. The first-order chi connectivity index (χ1) is 11.2. The van der Waals surface area contributed by atoms with Gasteiger partial charge in [0, 0.05) is 30.3 Å². The van der Waals surface area contributed by atoms with E-state index in [0.717, 1.165) is 16.7 Å². The summed E-state index contributed by atoms with van der Waals surface area (Å²) in [4.78, 5) is 14.5. The van der Waals surface area contributed by atoms with E-state index in [-0.39, 0.29) is 25.1 Å². The SMILES string of the molecule is COc1ccc2c(ccn2CC(=O)N2CCOCC2CCO)c1. The Morgan fingerprint density at radius 1 is 1.43 bits per heavy atom. The molecular weight excluding hydrogens is 296 g/mol. The fraction of sp³-hybridized carbons (Fsp3) is 0.471. The highest BCUT2D eigenvalue weighted by Gasteiger charge is 2.27. The van der Waals surface area contributed by atoms with Crippen molar-refractivity contribution < 1.29 is 19.4 Å². The third-order valence-electron chi connectivity index (χ3n) is 4.29. The molecule has 1 aromatic heterocycles. The number of ether oxygens (including phenoxy) is 2. The lowest BCUT2D eigenvalue weighted by Gasteiger charge is -2.35. The molecule has 1 fully saturated rings. The van der Waals surface area contributed by atoms with Gasteiger partial charge >= 0.3 is 0 Å². The third kappa shape index (κ3) is 3.33. The Balaban J connectivity index is 1.76. The highest BCUT2D eigenvalue weighted by Crippen LogP contribution is 2.22. The van der Waals surface area contributed by atoms with Gasteiger partial charge in [0.2, 0.25) is 5.91 Å².